The molecular weight excluding hydrogens is 298 g/mol. The Hall–Kier alpha value is -2.02. The first-order valence-corrected chi connectivity index (χ1v) is 8.96. The summed E-state index contributed by atoms with van der Waals surface area (Å²) < 4.78 is 2.22. The van der Waals surface area contributed by atoms with Crippen LogP contribution < -0.4 is 5.32 Å². The van der Waals surface area contributed by atoms with E-state index in [-0.39, 0.29) is 17.5 Å². The molecule has 1 heterocycles. The van der Waals surface area contributed by atoms with E-state index in [0.29, 0.717) is 12.0 Å². The van der Waals surface area contributed by atoms with Gasteiger partial charge in [0.15, 0.2) is 0 Å². The second-order valence-corrected chi connectivity index (χ2v) is 7.30. The van der Waals surface area contributed by atoms with E-state index in [1.165, 1.54) is 6.42 Å². The van der Waals surface area contributed by atoms with Gasteiger partial charge in [-0.3, -0.25) is 4.79 Å². The Bertz CT molecular complexity index is 676. The van der Waals surface area contributed by atoms with Gasteiger partial charge in [-0.05, 0) is 64.2 Å². The minimum absolute atomic E-state index is 0.186. The minimum Gasteiger partial charge on any atom is -0.348 e. The van der Waals surface area contributed by atoms with Gasteiger partial charge in [0.1, 0.15) is 11.6 Å². The van der Waals surface area contributed by atoms with Gasteiger partial charge in [-0.15, -0.1) is 0 Å². The summed E-state index contributed by atoms with van der Waals surface area (Å²) in [5.41, 5.74) is 3.38. The molecule has 2 rings (SSSR count). The third-order valence-electron chi connectivity index (χ3n) is 5.13. The van der Waals surface area contributed by atoms with Crippen molar-refractivity contribution in [2.24, 2.45) is 5.92 Å². The Labute approximate surface area is 145 Å². The average Bonchev–Trinajstić information content (AvgIpc) is 2.81. The molecule has 0 aromatic carbocycles. The third kappa shape index (κ3) is 3.90. The lowest BCUT2D eigenvalue weighted by Gasteiger charge is -2.29. The second kappa shape index (κ2) is 7.70. The normalized spacial score (nSPS) is 21.6. The lowest BCUT2D eigenvalue weighted by molar-refractivity contribution is -0.118. The second-order valence-electron chi connectivity index (χ2n) is 7.30. The molecule has 1 aromatic rings. The summed E-state index contributed by atoms with van der Waals surface area (Å²) >= 11 is 0. The predicted molar refractivity (Wildman–Crippen MR) is 97.4 cm³/mol. The van der Waals surface area contributed by atoms with Crippen LogP contribution in [0.4, 0.5) is 0 Å². The molecule has 1 amide bonds. The van der Waals surface area contributed by atoms with Gasteiger partial charge in [0.05, 0.1) is 0 Å². The summed E-state index contributed by atoms with van der Waals surface area (Å²) in [6.45, 7) is 10.5. The number of nitriles is 1. The number of carbonyl (C=O) groups excluding carboxylic acids is 1. The van der Waals surface area contributed by atoms with Gasteiger partial charge in [0, 0.05) is 23.5 Å². The minimum atomic E-state index is -0.245. The van der Waals surface area contributed by atoms with Gasteiger partial charge >= 0.3 is 0 Å². The van der Waals surface area contributed by atoms with Gasteiger partial charge in [-0.2, -0.15) is 5.26 Å². The lowest BCUT2D eigenvalue weighted by Crippen LogP contribution is -2.41. The summed E-state index contributed by atoms with van der Waals surface area (Å²) in [5.74, 6) is 0.235. The number of aromatic nitrogens is 1. The summed E-state index contributed by atoms with van der Waals surface area (Å²) in [7, 11) is 0. The van der Waals surface area contributed by atoms with Gasteiger partial charge in [0.2, 0.25) is 0 Å². The van der Waals surface area contributed by atoms with Crippen molar-refractivity contribution in [3.8, 4) is 6.07 Å². The molecule has 1 saturated carbocycles. The molecule has 1 N–H and O–H groups in total. The van der Waals surface area contributed by atoms with Crippen LogP contribution in [0.15, 0.2) is 11.6 Å². The van der Waals surface area contributed by atoms with Crippen LogP contribution in [0.25, 0.3) is 6.08 Å². The molecular formula is C20H29N3O. The Morgan fingerprint density at radius 2 is 2.04 bits per heavy atom. The fourth-order valence-electron chi connectivity index (χ4n) is 3.82. The number of nitrogens with one attached hydrogen (secondary N) is 1. The van der Waals surface area contributed by atoms with E-state index < -0.39 is 0 Å². The highest BCUT2D eigenvalue weighted by Gasteiger charge is 2.24. The fraction of sp³-hybridized carbons (Fsp3) is 0.600. The molecule has 4 heteroatoms. The molecule has 1 aliphatic rings. The molecule has 0 saturated heterocycles. The zero-order valence-electron chi connectivity index (χ0n) is 15.5. The first kappa shape index (κ1) is 18.3. The Morgan fingerprint density at radius 1 is 1.38 bits per heavy atom. The van der Waals surface area contributed by atoms with Crippen molar-refractivity contribution in [3.63, 3.8) is 0 Å². The van der Waals surface area contributed by atoms with Crippen LogP contribution in [0.2, 0.25) is 0 Å². The number of aryl methyl sites for hydroxylation is 1. The van der Waals surface area contributed by atoms with E-state index in [0.717, 1.165) is 36.2 Å². The zero-order chi connectivity index (χ0) is 17.9. The Morgan fingerprint density at radius 3 is 2.58 bits per heavy atom. The maximum absolute atomic E-state index is 12.5. The number of nitrogens with zero attached hydrogens (tertiary/aromatic N) is 2. The van der Waals surface area contributed by atoms with Crippen LogP contribution >= 0.6 is 0 Å². The molecule has 0 bridgehead atoms. The van der Waals surface area contributed by atoms with Crippen LogP contribution in [-0.4, -0.2) is 16.5 Å². The van der Waals surface area contributed by atoms with Crippen molar-refractivity contribution in [1.29, 1.82) is 5.26 Å². The molecule has 1 aliphatic carbocycles. The first-order chi connectivity index (χ1) is 11.3. The molecule has 0 radical (unpaired) electrons. The van der Waals surface area contributed by atoms with Crippen LogP contribution in [0, 0.1) is 31.1 Å². The van der Waals surface area contributed by atoms with E-state index in [1.807, 2.05) is 13.0 Å². The number of hydrogen-bond donors (Lipinski definition) is 1. The highest BCUT2D eigenvalue weighted by molar-refractivity contribution is 6.02. The highest BCUT2D eigenvalue weighted by atomic mass is 16.1. The lowest BCUT2D eigenvalue weighted by atomic mass is 9.86. The molecule has 24 heavy (non-hydrogen) atoms. The zero-order valence-corrected chi connectivity index (χ0v) is 15.5. The summed E-state index contributed by atoms with van der Waals surface area (Å²) in [5, 5.41) is 12.5. The van der Waals surface area contributed by atoms with Gasteiger partial charge in [-0.1, -0.05) is 19.8 Å². The van der Waals surface area contributed by atoms with E-state index in [1.54, 1.807) is 6.08 Å². The topological polar surface area (TPSA) is 57.8 Å². The van der Waals surface area contributed by atoms with Crippen LogP contribution in [0.5, 0.6) is 0 Å². The Kier molecular flexibility index (Phi) is 5.88. The van der Waals surface area contributed by atoms with Gasteiger partial charge < -0.3 is 9.88 Å². The smallest absolute Gasteiger partial charge is 0.262 e. The first-order valence-electron chi connectivity index (χ1n) is 8.96. The Balaban J connectivity index is 2.22. The average molecular weight is 327 g/mol. The van der Waals surface area contributed by atoms with E-state index in [9.17, 15) is 10.1 Å². The van der Waals surface area contributed by atoms with Gasteiger partial charge in [-0.25, -0.2) is 0 Å². The molecule has 0 spiro atoms. The molecule has 0 unspecified atom stereocenters. The van der Waals surface area contributed by atoms with Crippen molar-refractivity contribution in [2.75, 3.05) is 0 Å². The van der Waals surface area contributed by atoms with E-state index in [2.05, 4.69) is 43.6 Å². The number of carbonyl (C=O) groups is 1. The molecule has 2 atom stereocenters. The maximum atomic E-state index is 12.5. The van der Waals surface area contributed by atoms with E-state index in [4.69, 9.17) is 0 Å². The quantitative estimate of drug-likeness (QED) is 0.662. The predicted octanol–water partition coefficient (Wildman–Crippen LogP) is 4.29. The highest BCUT2D eigenvalue weighted by Crippen LogP contribution is 2.25. The molecule has 4 nitrogen and oxygen atoms in total. The molecule has 0 aliphatic heterocycles. The maximum Gasteiger partial charge on any atom is 0.262 e. The SMILES string of the molecule is Cc1cc(/C=C(\C#N)C(=O)N[C@@H]2CCCC[C@@H]2C)c(C)n1C(C)C. The van der Waals surface area contributed by atoms with Crippen LogP contribution in [-0.2, 0) is 4.79 Å². The standard InChI is InChI=1S/C20H29N3O/c1-13(2)23-15(4)10-17(16(23)5)11-18(12-21)20(24)22-19-9-7-6-8-14(19)3/h10-11,13-14,19H,6-9H2,1-5H3,(H,22,24)/b18-11+/t14-,19+/m0/s1. The van der Waals surface area contributed by atoms with Crippen molar-refractivity contribution in [3.05, 3.63) is 28.6 Å². The van der Waals surface area contributed by atoms with Crippen molar-refractivity contribution in [2.45, 2.75) is 72.4 Å². The summed E-state index contributed by atoms with van der Waals surface area (Å²) in [6.07, 6.45) is 6.26. The van der Waals surface area contributed by atoms with E-state index >= 15 is 0 Å². The molecule has 130 valence electrons. The monoisotopic (exact) mass is 327 g/mol. The largest absolute Gasteiger partial charge is 0.348 e. The number of amides is 1. The number of hydrogen-bond acceptors (Lipinski definition) is 2. The fourth-order valence-corrected chi connectivity index (χ4v) is 3.82. The summed E-state index contributed by atoms with van der Waals surface area (Å²) in [4.78, 5) is 12.5. The van der Waals surface area contributed by atoms with Crippen molar-refractivity contribution < 1.29 is 4.79 Å². The van der Waals surface area contributed by atoms with Crippen LogP contribution in [0.1, 0.15) is 69.4 Å². The van der Waals surface area contributed by atoms with Crippen molar-refractivity contribution in [1.82, 2.24) is 9.88 Å². The van der Waals surface area contributed by atoms with Crippen LogP contribution in [0.3, 0.4) is 0 Å². The van der Waals surface area contributed by atoms with Gasteiger partial charge in [0.25, 0.3) is 5.91 Å². The molecule has 1 fully saturated rings. The third-order valence-corrected chi connectivity index (χ3v) is 5.13. The van der Waals surface area contributed by atoms with Crippen molar-refractivity contribution >= 4 is 12.0 Å². The number of rotatable bonds is 4. The molecule has 1 aromatic heterocycles. The summed E-state index contributed by atoms with van der Waals surface area (Å²) in [6, 6.07) is 4.67.